The van der Waals surface area contributed by atoms with E-state index in [2.05, 4.69) is 4.57 Å². The van der Waals surface area contributed by atoms with E-state index in [0.717, 1.165) is 31.4 Å². The second-order valence-corrected chi connectivity index (χ2v) is 3.45. The number of hydrogen-bond donors (Lipinski definition) is 1. The molecule has 70 valence electrons. The van der Waals surface area contributed by atoms with Crippen LogP contribution in [0.25, 0.3) is 0 Å². The molecular weight excluding hydrogens is 164 g/mol. The third-order valence-corrected chi connectivity index (χ3v) is 2.66. The Hall–Kier alpha value is -1.09. The Morgan fingerprint density at radius 3 is 3.08 bits per heavy atom. The van der Waals surface area contributed by atoms with E-state index in [1.165, 1.54) is 17.7 Å². The first-order valence-electron chi connectivity index (χ1n) is 4.73. The van der Waals surface area contributed by atoms with E-state index in [9.17, 15) is 4.79 Å². The molecule has 0 unspecified atom stereocenters. The number of aldehydes is 1. The van der Waals surface area contributed by atoms with Gasteiger partial charge in [0, 0.05) is 18.8 Å². The number of rotatable bonds is 3. The largest absolute Gasteiger partial charge is 0.341 e. The van der Waals surface area contributed by atoms with E-state index in [-0.39, 0.29) is 0 Å². The molecule has 0 saturated heterocycles. The summed E-state index contributed by atoms with van der Waals surface area (Å²) in [4.78, 5) is 10.7. The van der Waals surface area contributed by atoms with Crippen molar-refractivity contribution in [3.8, 4) is 0 Å². The first kappa shape index (κ1) is 8.51. The second-order valence-electron chi connectivity index (χ2n) is 3.45. The van der Waals surface area contributed by atoms with E-state index in [0.29, 0.717) is 6.54 Å². The lowest BCUT2D eigenvalue weighted by molar-refractivity contribution is 0.111. The van der Waals surface area contributed by atoms with Crippen molar-refractivity contribution in [1.29, 1.82) is 0 Å². The molecule has 0 aliphatic heterocycles. The number of nitrogens with two attached hydrogens (primary N) is 1. The molecule has 1 aliphatic rings. The van der Waals surface area contributed by atoms with Crippen molar-refractivity contribution in [3.63, 3.8) is 0 Å². The minimum absolute atomic E-state index is 0.599. The van der Waals surface area contributed by atoms with E-state index >= 15 is 0 Å². The van der Waals surface area contributed by atoms with Gasteiger partial charge in [-0.15, -0.1) is 0 Å². The Kier molecular flexibility index (Phi) is 2.19. The van der Waals surface area contributed by atoms with Crippen molar-refractivity contribution in [1.82, 2.24) is 4.57 Å². The Balaban J connectivity index is 2.42. The van der Waals surface area contributed by atoms with Gasteiger partial charge in [0.1, 0.15) is 0 Å². The zero-order valence-corrected chi connectivity index (χ0v) is 7.62. The highest BCUT2D eigenvalue weighted by atomic mass is 16.1. The summed E-state index contributed by atoms with van der Waals surface area (Å²) in [5, 5.41) is 0. The second kappa shape index (κ2) is 3.34. The normalized spacial score (nSPS) is 14.5. The quantitative estimate of drug-likeness (QED) is 0.694. The molecule has 1 aliphatic carbocycles. The molecule has 0 atom stereocenters. The van der Waals surface area contributed by atoms with Crippen molar-refractivity contribution < 1.29 is 4.79 Å². The molecule has 0 aromatic carbocycles. The molecular formula is C10H14N2O. The monoisotopic (exact) mass is 178 g/mol. The predicted molar refractivity (Wildman–Crippen MR) is 50.9 cm³/mol. The fourth-order valence-electron chi connectivity index (χ4n) is 2.12. The smallest absolute Gasteiger partial charge is 0.166 e. The molecule has 2 N–H and O–H groups in total. The molecule has 0 saturated carbocycles. The van der Waals surface area contributed by atoms with Gasteiger partial charge in [-0.3, -0.25) is 4.79 Å². The molecule has 0 bridgehead atoms. The highest BCUT2D eigenvalue weighted by Crippen LogP contribution is 2.24. The maximum atomic E-state index is 10.7. The zero-order chi connectivity index (χ0) is 9.26. The van der Waals surface area contributed by atoms with Crippen LogP contribution in [-0.2, 0) is 19.4 Å². The fourth-order valence-corrected chi connectivity index (χ4v) is 2.12. The van der Waals surface area contributed by atoms with Gasteiger partial charge >= 0.3 is 0 Å². The van der Waals surface area contributed by atoms with Crippen LogP contribution >= 0.6 is 0 Å². The summed E-state index contributed by atoms with van der Waals surface area (Å²) in [5.41, 5.74) is 8.96. The van der Waals surface area contributed by atoms with Crippen LogP contribution in [0.4, 0.5) is 0 Å². The van der Waals surface area contributed by atoms with E-state index in [4.69, 9.17) is 5.73 Å². The van der Waals surface area contributed by atoms with Crippen LogP contribution < -0.4 is 5.73 Å². The molecule has 0 radical (unpaired) electrons. The summed E-state index contributed by atoms with van der Waals surface area (Å²) < 4.78 is 2.06. The third-order valence-electron chi connectivity index (χ3n) is 2.66. The minimum Gasteiger partial charge on any atom is -0.341 e. The third kappa shape index (κ3) is 1.29. The molecule has 2 rings (SSSR count). The average Bonchev–Trinajstić information content (AvgIpc) is 2.67. The summed E-state index contributed by atoms with van der Waals surface area (Å²) >= 11 is 0. The highest BCUT2D eigenvalue weighted by molar-refractivity contribution is 5.73. The molecule has 0 spiro atoms. The summed E-state index contributed by atoms with van der Waals surface area (Å²) in [5.74, 6) is 0. The van der Waals surface area contributed by atoms with Gasteiger partial charge in [0.05, 0.1) is 5.69 Å². The van der Waals surface area contributed by atoms with Crippen LogP contribution in [0.3, 0.4) is 0 Å². The molecule has 1 heterocycles. The SMILES string of the molecule is NCCn1c(C=O)cc2c1CCC2. The molecule has 13 heavy (non-hydrogen) atoms. The van der Waals surface area contributed by atoms with Crippen molar-refractivity contribution in [3.05, 3.63) is 23.0 Å². The number of hydrogen-bond acceptors (Lipinski definition) is 2. The Morgan fingerprint density at radius 2 is 2.38 bits per heavy atom. The van der Waals surface area contributed by atoms with Crippen molar-refractivity contribution >= 4 is 6.29 Å². The summed E-state index contributed by atoms with van der Waals surface area (Å²) in [6.07, 6.45) is 4.36. The van der Waals surface area contributed by atoms with Gasteiger partial charge in [-0.05, 0) is 30.9 Å². The van der Waals surface area contributed by atoms with Gasteiger partial charge in [-0.25, -0.2) is 0 Å². The molecule has 0 amide bonds. The highest BCUT2D eigenvalue weighted by Gasteiger charge is 2.18. The van der Waals surface area contributed by atoms with Crippen LogP contribution in [0.2, 0.25) is 0 Å². The zero-order valence-electron chi connectivity index (χ0n) is 7.62. The summed E-state index contributed by atoms with van der Waals surface area (Å²) in [6, 6.07) is 2.00. The van der Waals surface area contributed by atoms with Crippen molar-refractivity contribution in [2.24, 2.45) is 5.73 Å². The molecule has 1 aromatic rings. The number of nitrogens with zero attached hydrogens (tertiary/aromatic N) is 1. The van der Waals surface area contributed by atoms with Crippen molar-refractivity contribution in [2.75, 3.05) is 6.54 Å². The van der Waals surface area contributed by atoms with Gasteiger partial charge in [-0.1, -0.05) is 0 Å². The molecule has 3 nitrogen and oxygen atoms in total. The van der Waals surface area contributed by atoms with Gasteiger partial charge in [0.15, 0.2) is 6.29 Å². The van der Waals surface area contributed by atoms with Crippen LogP contribution in [0, 0.1) is 0 Å². The van der Waals surface area contributed by atoms with E-state index < -0.39 is 0 Å². The number of carbonyl (C=O) groups excluding carboxylic acids is 1. The standard InChI is InChI=1S/C10H14N2O/c11-4-5-12-9(7-13)6-8-2-1-3-10(8)12/h6-7H,1-5,11H2. The Morgan fingerprint density at radius 1 is 1.54 bits per heavy atom. The first-order chi connectivity index (χ1) is 6.36. The van der Waals surface area contributed by atoms with Crippen LogP contribution in [-0.4, -0.2) is 17.4 Å². The van der Waals surface area contributed by atoms with Crippen LogP contribution in [0.15, 0.2) is 6.07 Å². The summed E-state index contributed by atoms with van der Waals surface area (Å²) in [6.45, 7) is 1.37. The van der Waals surface area contributed by atoms with Gasteiger partial charge in [0.2, 0.25) is 0 Å². The van der Waals surface area contributed by atoms with Crippen molar-refractivity contribution in [2.45, 2.75) is 25.8 Å². The summed E-state index contributed by atoms with van der Waals surface area (Å²) in [7, 11) is 0. The Labute approximate surface area is 77.5 Å². The lowest BCUT2D eigenvalue weighted by atomic mass is 10.2. The first-order valence-corrected chi connectivity index (χ1v) is 4.73. The minimum atomic E-state index is 0.599. The lowest BCUT2D eigenvalue weighted by Gasteiger charge is -2.06. The number of carbonyl (C=O) groups is 1. The average molecular weight is 178 g/mol. The van der Waals surface area contributed by atoms with Crippen LogP contribution in [0.5, 0.6) is 0 Å². The number of aromatic nitrogens is 1. The van der Waals surface area contributed by atoms with Gasteiger partial charge < -0.3 is 10.3 Å². The Bertz CT molecular complexity index is 328. The lowest BCUT2D eigenvalue weighted by Crippen LogP contribution is -2.14. The number of aryl methyl sites for hydroxylation is 1. The number of fused-ring (bicyclic) bond motifs is 1. The predicted octanol–water partition coefficient (Wildman–Crippen LogP) is 0.748. The maximum Gasteiger partial charge on any atom is 0.166 e. The molecule has 0 fully saturated rings. The van der Waals surface area contributed by atoms with E-state index in [1.807, 2.05) is 6.07 Å². The molecule has 1 aromatic heterocycles. The van der Waals surface area contributed by atoms with Gasteiger partial charge in [-0.2, -0.15) is 0 Å². The van der Waals surface area contributed by atoms with E-state index in [1.54, 1.807) is 0 Å². The fraction of sp³-hybridized carbons (Fsp3) is 0.500. The molecule has 3 heteroatoms. The topological polar surface area (TPSA) is 48.0 Å². The van der Waals surface area contributed by atoms with Crippen LogP contribution in [0.1, 0.15) is 28.2 Å². The van der Waals surface area contributed by atoms with Gasteiger partial charge in [0.25, 0.3) is 0 Å². The maximum absolute atomic E-state index is 10.7.